The molecule has 1 heterocycles. The van der Waals surface area contributed by atoms with E-state index < -0.39 is 11.7 Å². The van der Waals surface area contributed by atoms with Crippen LogP contribution in [0, 0.1) is 0 Å². The second-order valence-electron chi connectivity index (χ2n) is 3.61. The molecule has 3 nitrogen and oxygen atoms in total. The van der Waals surface area contributed by atoms with E-state index in [1.54, 1.807) is 17.0 Å². The Kier molecular flexibility index (Phi) is 2.79. The molecule has 90 valence electrons. The molecule has 2 rings (SSSR count). The van der Waals surface area contributed by atoms with E-state index in [0.29, 0.717) is 12.5 Å². The summed E-state index contributed by atoms with van der Waals surface area (Å²) >= 11 is 0. The lowest BCUT2D eigenvalue weighted by molar-refractivity contribution is -0.137. The van der Waals surface area contributed by atoms with E-state index in [-0.39, 0.29) is 0 Å². The molecule has 0 spiro atoms. The number of hydrogen-bond acceptors (Lipinski definition) is 2. The van der Waals surface area contributed by atoms with Gasteiger partial charge >= 0.3 is 6.18 Å². The van der Waals surface area contributed by atoms with Crippen molar-refractivity contribution in [1.82, 2.24) is 9.55 Å². The topological polar surface area (TPSA) is 43.8 Å². The lowest BCUT2D eigenvalue weighted by atomic mass is 10.1. The molecule has 0 unspecified atom stereocenters. The van der Waals surface area contributed by atoms with E-state index in [0.717, 1.165) is 17.7 Å². The highest BCUT2D eigenvalue weighted by Crippen LogP contribution is 2.29. The zero-order chi connectivity index (χ0) is 12.5. The van der Waals surface area contributed by atoms with Crippen molar-refractivity contribution >= 4 is 5.95 Å². The molecule has 2 aromatic rings. The summed E-state index contributed by atoms with van der Waals surface area (Å²) in [4.78, 5) is 3.83. The Bertz CT molecular complexity index is 499. The first-order valence-corrected chi connectivity index (χ1v) is 4.89. The SMILES string of the molecule is Nc1nccn1Cc1ccc(C(F)(F)F)cc1. The molecule has 0 aliphatic rings. The van der Waals surface area contributed by atoms with E-state index in [4.69, 9.17) is 5.73 Å². The molecule has 1 aromatic heterocycles. The van der Waals surface area contributed by atoms with Gasteiger partial charge in [-0.05, 0) is 17.7 Å². The standard InChI is InChI=1S/C11H10F3N3/c12-11(13,14)9-3-1-8(2-4-9)7-17-6-5-16-10(17)15/h1-6H,7H2,(H2,15,16). The van der Waals surface area contributed by atoms with E-state index in [9.17, 15) is 13.2 Å². The summed E-state index contributed by atoms with van der Waals surface area (Å²) in [7, 11) is 0. The minimum atomic E-state index is -4.30. The lowest BCUT2D eigenvalue weighted by Gasteiger charge is -2.08. The van der Waals surface area contributed by atoms with Gasteiger partial charge in [0.25, 0.3) is 0 Å². The molecule has 0 aliphatic heterocycles. The van der Waals surface area contributed by atoms with Crippen molar-refractivity contribution in [3.05, 3.63) is 47.8 Å². The molecule has 0 saturated heterocycles. The van der Waals surface area contributed by atoms with E-state index >= 15 is 0 Å². The van der Waals surface area contributed by atoms with Crippen molar-refractivity contribution in [3.8, 4) is 0 Å². The third kappa shape index (κ3) is 2.58. The molecule has 0 fully saturated rings. The molecule has 0 aliphatic carbocycles. The van der Waals surface area contributed by atoms with Gasteiger partial charge in [0.15, 0.2) is 5.95 Å². The number of alkyl halides is 3. The normalized spacial score (nSPS) is 11.7. The molecule has 17 heavy (non-hydrogen) atoms. The summed E-state index contributed by atoms with van der Waals surface area (Å²) in [5.74, 6) is 0.338. The van der Waals surface area contributed by atoms with Gasteiger partial charge in [0.05, 0.1) is 12.1 Å². The van der Waals surface area contributed by atoms with Crippen LogP contribution < -0.4 is 5.73 Å². The van der Waals surface area contributed by atoms with Crippen molar-refractivity contribution in [1.29, 1.82) is 0 Å². The van der Waals surface area contributed by atoms with Crippen molar-refractivity contribution in [2.75, 3.05) is 5.73 Å². The van der Waals surface area contributed by atoms with Crippen LogP contribution in [-0.4, -0.2) is 9.55 Å². The van der Waals surface area contributed by atoms with Crippen molar-refractivity contribution < 1.29 is 13.2 Å². The Morgan fingerprint density at radius 1 is 1.18 bits per heavy atom. The zero-order valence-electron chi connectivity index (χ0n) is 8.78. The van der Waals surface area contributed by atoms with Crippen molar-refractivity contribution in [3.63, 3.8) is 0 Å². The van der Waals surface area contributed by atoms with Gasteiger partial charge in [0, 0.05) is 12.4 Å². The highest BCUT2D eigenvalue weighted by Gasteiger charge is 2.29. The monoisotopic (exact) mass is 241 g/mol. The number of rotatable bonds is 2. The highest BCUT2D eigenvalue weighted by atomic mass is 19.4. The average molecular weight is 241 g/mol. The highest BCUT2D eigenvalue weighted by molar-refractivity contribution is 5.26. The quantitative estimate of drug-likeness (QED) is 0.878. The van der Waals surface area contributed by atoms with E-state index in [1.165, 1.54) is 12.1 Å². The second-order valence-corrected chi connectivity index (χ2v) is 3.61. The number of nitrogens with two attached hydrogens (primary N) is 1. The minimum absolute atomic E-state index is 0.338. The van der Waals surface area contributed by atoms with Crippen LogP contribution in [0.4, 0.5) is 19.1 Å². The van der Waals surface area contributed by atoms with Gasteiger partial charge in [-0.3, -0.25) is 0 Å². The van der Waals surface area contributed by atoms with Gasteiger partial charge in [-0.2, -0.15) is 13.2 Å². The fourth-order valence-electron chi connectivity index (χ4n) is 1.47. The predicted molar refractivity (Wildman–Crippen MR) is 57.2 cm³/mol. The molecule has 2 N–H and O–H groups in total. The average Bonchev–Trinajstić information content (AvgIpc) is 2.64. The number of aromatic nitrogens is 2. The van der Waals surface area contributed by atoms with E-state index in [2.05, 4.69) is 4.98 Å². The van der Waals surface area contributed by atoms with Crippen molar-refractivity contribution in [2.24, 2.45) is 0 Å². The molecule has 0 amide bonds. The number of imidazole rings is 1. The number of hydrogen-bond donors (Lipinski definition) is 1. The smallest absolute Gasteiger partial charge is 0.369 e. The van der Waals surface area contributed by atoms with Gasteiger partial charge in [-0.1, -0.05) is 12.1 Å². The lowest BCUT2D eigenvalue weighted by Crippen LogP contribution is -2.06. The first-order chi connectivity index (χ1) is 7.97. The summed E-state index contributed by atoms with van der Waals surface area (Å²) in [5.41, 5.74) is 5.65. The van der Waals surface area contributed by atoms with E-state index in [1.807, 2.05) is 0 Å². The van der Waals surface area contributed by atoms with Crippen LogP contribution in [0.1, 0.15) is 11.1 Å². The van der Waals surface area contributed by atoms with Crippen LogP contribution in [-0.2, 0) is 12.7 Å². The Labute approximate surface area is 95.7 Å². The van der Waals surface area contributed by atoms with Gasteiger partial charge in [-0.25, -0.2) is 4.98 Å². The summed E-state index contributed by atoms with van der Waals surface area (Å²) in [5, 5.41) is 0. The molecule has 0 saturated carbocycles. The molecular weight excluding hydrogens is 231 g/mol. The first-order valence-electron chi connectivity index (χ1n) is 4.89. The zero-order valence-corrected chi connectivity index (χ0v) is 8.78. The van der Waals surface area contributed by atoms with Crippen LogP contribution in [0.15, 0.2) is 36.7 Å². The second kappa shape index (κ2) is 4.12. The first kappa shape index (κ1) is 11.5. The van der Waals surface area contributed by atoms with Crippen LogP contribution in [0.3, 0.4) is 0 Å². The van der Waals surface area contributed by atoms with Crippen LogP contribution >= 0.6 is 0 Å². The summed E-state index contributed by atoms with van der Waals surface area (Å²) in [6, 6.07) is 4.98. The van der Waals surface area contributed by atoms with Crippen LogP contribution in [0.5, 0.6) is 0 Å². The maximum atomic E-state index is 12.3. The number of benzene rings is 1. The van der Waals surface area contributed by atoms with Gasteiger partial charge in [0.1, 0.15) is 0 Å². The predicted octanol–water partition coefficient (Wildman–Crippen LogP) is 2.53. The van der Waals surface area contributed by atoms with Crippen LogP contribution in [0.2, 0.25) is 0 Å². The molecule has 6 heteroatoms. The Hall–Kier alpha value is -1.98. The van der Waals surface area contributed by atoms with Gasteiger partial charge in [0.2, 0.25) is 0 Å². The number of nitrogen functional groups attached to an aromatic ring is 1. The number of nitrogens with zero attached hydrogens (tertiary/aromatic N) is 2. The molecule has 0 radical (unpaired) electrons. The Morgan fingerprint density at radius 3 is 2.29 bits per heavy atom. The fourth-order valence-corrected chi connectivity index (χ4v) is 1.47. The molecular formula is C11H10F3N3. The number of anilines is 1. The summed E-state index contributed by atoms with van der Waals surface area (Å²) in [6.45, 7) is 0.407. The third-order valence-electron chi connectivity index (χ3n) is 2.38. The van der Waals surface area contributed by atoms with Gasteiger partial charge < -0.3 is 10.3 Å². The maximum absolute atomic E-state index is 12.3. The maximum Gasteiger partial charge on any atom is 0.416 e. The Morgan fingerprint density at radius 2 is 1.82 bits per heavy atom. The fraction of sp³-hybridized carbons (Fsp3) is 0.182. The summed E-state index contributed by atoms with van der Waals surface area (Å²) < 4.78 is 38.6. The third-order valence-corrected chi connectivity index (χ3v) is 2.38. The molecule has 0 atom stereocenters. The van der Waals surface area contributed by atoms with Crippen LogP contribution in [0.25, 0.3) is 0 Å². The van der Waals surface area contributed by atoms with Crippen molar-refractivity contribution in [2.45, 2.75) is 12.7 Å². The van der Waals surface area contributed by atoms with Gasteiger partial charge in [-0.15, -0.1) is 0 Å². The summed E-state index contributed by atoms with van der Waals surface area (Å²) in [6.07, 6.45) is -1.08. The number of halogens is 3. The minimum Gasteiger partial charge on any atom is -0.369 e. The molecule has 1 aromatic carbocycles. The largest absolute Gasteiger partial charge is 0.416 e. The Balaban J connectivity index is 2.17. The molecule has 0 bridgehead atoms.